The van der Waals surface area contributed by atoms with Crippen LogP contribution in [0.1, 0.15) is 51.2 Å². The maximum Gasteiger partial charge on any atom is 0.374 e. The molecule has 0 bridgehead atoms. The summed E-state index contributed by atoms with van der Waals surface area (Å²) >= 11 is 0. The predicted octanol–water partition coefficient (Wildman–Crippen LogP) is 4.65. The third-order valence-corrected chi connectivity index (χ3v) is 5.20. The summed E-state index contributed by atoms with van der Waals surface area (Å²) in [5.74, 6) is -0.672. The molecule has 0 radical (unpaired) electrons. The summed E-state index contributed by atoms with van der Waals surface area (Å²) in [7, 11) is 0. The van der Waals surface area contributed by atoms with Crippen LogP contribution in [-0.4, -0.2) is 27.8 Å². The molecule has 0 aliphatic heterocycles. The summed E-state index contributed by atoms with van der Waals surface area (Å²) in [6, 6.07) is 11.1. The standard InChI is InChI=1S/C22H20N2O6/c1-13-11-18(14(2)23(13)16-7-8-16)19(25)12-29-22(26)21-10-9-20(30-21)15-3-5-17(6-4-15)24(27)28/h3-6,9-11,16H,7-8,12H2,1-2H3. The molecule has 1 aliphatic carbocycles. The number of aromatic nitrogens is 1. The van der Waals surface area contributed by atoms with E-state index in [0.717, 1.165) is 24.2 Å². The molecule has 1 saturated carbocycles. The smallest absolute Gasteiger partial charge is 0.374 e. The molecular weight excluding hydrogens is 388 g/mol. The molecule has 8 nitrogen and oxygen atoms in total. The van der Waals surface area contributed by atoms with Crippen molar-refractivity contribution in [3.05, 3.63) is 75.3 Å². The van der Waals surface area contributed by atoms with E-state index in [1.807, 2.05) is 19.9 Å². The summed E-state index contributed by atoms with van der Waals surface area (Å²) in [6.07, 6.45) is 2.24. The number of nitro groups is 1. The maximum absolute atomic E-state index is 12.5. The summed E-state index contributed by atoms with van der Waals surface area (Å²) in [5.41, 5.74) is 3.05. The highest BCUT2D eigenvalue weighted by atomic mass is 16.6. The highest BCUT2D eigenvalue weighted by Gasteiger charge is 2.28. The Morgan fingerprint density at radius 3 is 2.50 bits per heavy atom. The van der Waals surface area contributed by atoms with Crippen LogP contribution in [-0.2, 0) is 4.74 Å². The molecule has 3 aromatic rings. The van der Waals surface area contributed by atoms with Gasteiger partial charge in [0.1, 0.15) is 5.76 Å². The van der Waals surface area contributed by atoms with Gasteiger partial charge in [-0.2, -0.15) is 0 Å². The molecule has 0 unspecified atom stereocenters. The number of hydrogen-bond acceptors (Lipinski definition) is 6. The Labute approximate surface area is 172 Å². The first-order valence-corrected chi connectivity index (χ1v) is 9.58. The Kier molecular flexibility index (Phi) is 4.99. The molecule has 0 N–H and O–H groups in total. The van der Waals surface area contributed by atoms with Crippen molar-refractivity contribution in [3.63, 3.8) is 0 Å². The molecule has 0 atom stereocenters. The van der Waals surface area contributed by atoms with Gasteiger partial charge >= 0.3 is 5.97 Å². The van der Waals surface area contributed by atoms with Crippen LogP contribution in [0.2, 0.25) is 0 Å². The molecule has 1 fully saturated rings. The van der Waals surface area contributed by atoms with E-state index in [1.54, 1.807) is 6.07 Å². The quantitative estimate of drug-likeness (QED) is 0.244. The van der Waals surface area contributed by atoms with Crippen LogP contribution in [0.4, 0.5) is 5.69 Å². The van der Waals surface area contributed by atoms with Crippen molar-refractivity contribution >= 4 is 17.4 Å². The van der Waals surface area contributed by atoms with Crippen molar-refractivity contribution in [3.8, 4) is 11.3 Å². The van der Waals surface area contributed by atoms with Crippen molar-refractivity contribution in [2.75, 3.05) is 6.61 Å². The Morgan fingerprint density at radius 1 is 1.17 bits per heavy atom. The third-order valence-electron chi connectivity index (χ3n) is 5.20. The molecule has 0 amide bonds. The van der Waals surface area contributed by atoms with Gasteiger partial charge in [-0.15, -0.1) is 0 Å². The number of nitrogens with zero attached hydrogens (tertiary/aromatic N) is 2. The number of Topliss-reactive ketones (excluding diaryl/α,β-unsaturated/α-hetero) is 1. The van der Waals surface area contributed by atoms with Gasteiger partial charge in [0.05, 0.1) is 4.92 Å². The molecule has 4 rings (SSSR count). The van der Waals surface area contributed by atoms with E-state index in [-0.39, 0.29) is 23.8 Å². The highest BCUT2D eigenvalue weighted by molar-refractivity contribution is 6.00. The van der Waals surface area contributed by atoms with Gasteiger partial charge in [-0.05, 0) is 57.0 Å². The van der Waals surface area contributed by atoms with Gasteiger partial charge in [-0.1, -0.05) is 0 Å². The van der Waals surface area contributed by atoms with Crippen molar-refractivity contribution in [2.45, 2.75) is 32.7 Å². The van der Waals surface area contributed by atoms with E-state index in [2.05, 4.69) is 4.57 Å². The minimum absolute atomic E-state index is 0.0375. The second-order valence-corrected chi connectivity index (χ2v) is 7.35. The van der Waals surface area contributed by atoms with Crippen LogP contribution < -0.4 is 0 Å². The Morgan fingerprint density at radius 2 is 1.87 bits per heavy atom. The van der Waals surface area contributed by atoms with Gasteiger partial charge in [0.15, 0.2) is 6.61 Å². The zero-order chi connectivity index (χ0) is 21.4. The number of carbonyl (C=O) groups is 2. The van der Waals surface area contributed by atoms with E-state index in [1.165, 1.54) is 30.3 Å². The second kappa shape index (κ2) is 7.62. The minimum atomic E-state index is -0.743. The number of hydrogen-bond donors (Lipinski definition) is 0. The largest absolute Gasteiger partial charge is 0.451 e. The van der Waals surface area contributed by atoms with Crippen LogP contribution in [0, 0.1) is 24.0 Å². The van der Waals surface area contributed by atoms with E-state index in [4.69, 9.17) is 9.15 Å². The molecule has 154 valence electrons. The molecule has 1 aromatic carbocycles. The first kappa shape index (κ1) is 19.6. The molecule has 0 saturated heterocycles. The molecule has 30 heavy (non-hydrogen) atoms. The Hall–Kier alpha value is -3.68. The number of esters is 1. The van der Waals surface area contributed by atoms with Crippen molar-refractivity contribution in [1.82, 2.24) is 4.57 Å². The van der Waals surface area contributed by atoms with Gasteiger partial charge in [0.2, 0.25) is 11.5 Å². The van der Waals surface area contributed by atoms with Gasteiger partial charge < -0.3 is 13.7 Å². The lowest BCUT2D eigenvalue weighted by molar-refractivity contribution is -0.384. The zero-order valence-electron chi connectivity index (χ0n) is 16.6. The number of furan rings is 1. The summed E-state index contributed by atoms with van der Waals surface area (Å²) < 4.78 is 12.8. The topological polar surface area (TPSA) is 105 Å². The molecule has 8 heteroatoms. The first-order valence-electron chi connectivity index (χ1n) is 9.58. The lowest BCUT2D eigenvalue weighted by atomic mass is 10.1. The normalized spacial score (nSPS) is 13.3. The van der Waals surface area contributed by atoms with Crippen LogP contribution in [0.5, 0.6) is 0 Å². The highest BCUT2D eigenvalue weighted by Crippen LogP contribution is 2.38. The van der Waals surface area contributed by atoms with Gasteiger partial charge in [0, 0.05) is 40.7 Å². The van der Waals surface area contributed by atoms with Crippen molar-refractivity contribution < 1.29 is 23.7 Å². The van der Waals surface area contributed by atoms with E-state index in [9.17, 15) is 19.7 Å². The molecule has 0 spiro atoms. The average Bonchev–Trinajstić information content (AvgIpc) is 3.34. The zero-order valence-corrected chi connectivity index (χ0v) is 16.6. The van der Waals surface area contributed by atoms with E-state index in [0.29, 0.717) is 22.9 Å². The number of nitro benzene ring substituents is 1. The number of rotatable bonds is 7. The summed E-state index contributed by atoms with van der Waals surface area (Å²) in [4.78, 5) is 35.1. The number of ketones is 1. The van der Waals surface area contributed by atoms with Crippen molar-refractivity contribution in [1.29, 1.82) is 0 Å². The van der Waals surface area contributed by atoms with Gasteiger partial charge in [0.25, 0.3) is 5.69 Å². The third kappa shape index (κ3) is 3.76. The average molecular weight is 408 g/mol. The summed E-state index contributed by atoms with van der Waals surface area (Å²) in [5, 5.41) is 10.7. The lowest BCUT2D eigenvalue weighted by Crippen LogP contribution is -2.14. The number of aryl methyl sites for hydroxylation is 1. The maximum atomic E-state index is 12.5. The number of ether oxygens (including phenoxy) is 1. The van der Waals surface area contributed by atoms with E-state index < -0.39 is 10.9 Å². The fourth-order valence-electron chi connectivity index (χ4n) is 3.58. The first-order chi connectivity index (χ1) is 14.3. The Balaban J connectivity index is 1.41. The SMILES string of the molecule is Cc1cc(C(=O)COC(=O)c2ccc(-c3ccc([N+](=O)[O-])cc3)o2)c(C)n1C1CC1. The monoisotopic (exact) mass is 408 g/mol. The number of carbonyl (C=O) groups excluding carboxylic acids is 2. The number of non-ortho nitro benzene ring substituents is 1. The fourth-order valence-corrected chi connectivity index (χ4v) is 3.58. The lowest BCUT2D eigenvalue weighted by Gasteiger charge is -2.07. The fraction of sp³-hybridized carbons (Fsp3) is 0.273. The van der Waals surface area contributed by atoms with Crippen LogP contribution >= 0.6 is 0 Å². The second-order valence-electron chi connectivity index (χ2n) is 7.35. The molecule has 2 aromatic heterocycles. The van der Waals surface area contributed by atoms with Gasteiger partial charge in [-0.25, -0.2) is 4.79 Å². The molecule has 1 aliphatic rings. The Bertz CT molecular complexity index is 1140. The number of benzene rings is 1. The van der Waals surface area contributed by atoms with Gasteiger partial charge in [-0.3, -0.25) is 14.9 Å². The molecule has 2 heterocycles. The van der Waals surface area contributed by atoms with E-state index >= 15 is 0 Å². The minimum Gasteiger partial charge on any atom is -0.451 e. The van der Waals surface area contributed by atoms with Crippen LogP contribution in [0.25, 0.3) is 11.3 Å². The predicted molar refractivity (Wildman–Crippen MR) is 108 cm³/mol. The molecular formula is C22H20N2O6. The van der Waals surface area contributed by atoms with Crippen LogP contribution in [0.15, 0.2) is 46.9 Å². The summed E-state index contributed by atoms with van der Waals surface area (Å²) in [6.45, 7) is 3.50. The van der Waals surface area contributed by atoms with Crippen LogP contribution in [0.3, 0.4) is 0 Å². The van der Waals surface area contributed by atoms with Crippen molar-refractivity contribution in [2.24, 2.45) is 0 Å².